The minimum absolute atomic E-state index is 0.390. The Bertz CT molecular complexity index is 570. The third kappa shape index (κ3) is 2.79. The highest BCUT2D eigenvalue weighted by molar-refractivity contribution is 9.10. The molecule has 4 nitrogen and oxygen atoms in total. The van der Waals surface area contributed by atoms with Crippen LogP contribution >= 0.6 is 15.9 Å². The Morgan fingerprint density at radius 2 is 2.00 bits per heavy atom. The monoisotopic (exact) mass is 303 g/mol. The molecule has 0 saturated heterocycles. The Labute approximate surface area is 113 Å². The van der Waals surface area contributed by atoms with E-state index in [-0.39, 0.29) is 0 Å². The number of hydrogen-bond acceptors (Lipinski definition) is 4. The van der Waals surface area contributed by atoms with E-state index in [0.717, 1.165) is 5.56 Å². The predicted octanol–water partition coefficient (Wildman–Crippen LogP) is 3.28. The molecule has 0 atom stereocenters. The van der Waals surface area contributed by atoms with E-state index < -0.39 is 0 Å². The van der Waals surface area contributed by atoms with Crippen LogP contribution in [0.15, 0.2) is 41.1 Å². The molecule has 1 heterocycles. The zero-order valence-corrected chi connectivity index (χ0v) is 11.0. The van der Waals surface area contributed by atoms with Gasteiger partial charge in [0, 0.05) is 6.20 Å². The number of nitrogens with two attached hydrogens (primary N) is 1. The molecule has 0 aliphatic heterocycles. The fourth-order valence-corrected chi connectivity index (χ4v) is 1.86. The molecule has 0 bridgehead atoms. The summed E-state index contributed by atoms with van der Waals surface area (Å²) in [5.41, 5.74) is 7.20. The molecule has 5 heteroatoms. The summed E-state index contributed by atoms with van der Waals surface area (Å²) in [6.07, 6.45) is 3.54. The van der Waals surface area contributed by atoms with Gasteiger partial charge in [0.2, 0.25) is 0 Å². The van der Waals surface area contributed by atoms with Gasteiger partial charge in [0.05, 0.1) is 28.8 Å². The molecule has 2 rings (SSSR count). The van der Waals surface area contributed by atoms with Crippen molar-refractivity contribution < 1.29 is 4.74 Å². The first-order chi connectivity index (χ1) is 8.70. The van der Waals surface area contributed by atoms with Gasteiger partial charge in [0.15, 0.2) is 5.75 Å². The van der Waals surface area contributed by atoms with Crippen LogP contribution in [0.3, 0.4) is 0 Å². The number of pyridine rings is 1. The normalized spacial score (nSPS) is 9.78. The van der Waals surface area contributed by atoms with Crippen molar-refractivity contribution in [3.8, 4) is 17.6 Å². The van der Waals surface area contributed by atoms with Gasteiger partial charge in [-0.15, -0.1) is 0 Å². The molecule has 1 aromatic carbocycles. The van der Waals surface area contributed by atoms with E-state index >= 15 is 0 Å². The van der Waals surface area contributed by atoms with Crippen LogP contribution in [-0.2, 0) is 6.42 Å². The smallest absolute Gasteiger partial charge is 0.167 e. The van der Waals surface area contributed by atoms with Crippen LogP contribution in [0.1, 0.15) is 5.56 Å². The zero-order chi connectivity index (χ0) is 13.0. The van der Waals surface area contributed by atoms with Gasteiger partial charge in [0.25, 0.3) is 0 Å². The molecule has 0 unspecified atom stereocenters. The summed E-state index contributed by atoms with van der Waals surface area (Å²) in [6, 6.07) is 9.41. The zero-order valence-electron chi connectivity index (χ0n) is 9.43. The number of hydrogen-bond donors (Lipinski definition) is 1. The van der Waals surface area contributed by atoms with Crippen molar-refractivity contribution in [2.24, 2.45) is 0 Å². The molecule has 0 radical (unpaired) electrons. The second-order valence-electron chi connectivity index (χ2n) is 3.62. The predicted molar refractivity (Wildman–Crippen MR) is 72.2 cm³/mol. The number of anilines is 1. The summed E-state index contributed by atoms with van der Waals surface area (Å²) in [5.74, 6) is 1.20. The van der Waals surface area contributed by atoms with Gasteiger partial charge in [0.1, 0.15) is 5.75 Å². The Morgan fingerprint density at radius 3 is 2.61 bits per heavy atom. The average Bonchev–Trinajstić information content (AvgIpc) is 2.36. The lowest BCUT2D eigenvalue weighted by Gasteiger charge is -2.09. The van der Waals surface area contributed by atoms with E-state index in [0.29, 0.717) is 28.1 Å². The highest BCUT2D eigenvalue weighted by atomic mass is 79.9. The highest BCUT2D eigenvalue weighted by Crippen LogP contribution is 2.33. The molecule has 0 aliphatic carbocycles. The number of aromatic nitrogens is 1. The lowest BCUT2D eigenvalue weighted by molar-refractivity contribution is 0.481. The first-order valence-corrected chi connectivity index (χ1v) is 6.02. The highest BCUT2D eigenvalue weighted by Gasteiger charge is 2.07. The summed E-state index contributed by atoms with van der Waals surface area (Å²) >= 11 is 3.33. The van der Waals surface area contributed by atoms with E-state index in [9.17, 15) is 0 Å². The lowest BCUT2D eigenvalue weighted by Crippen LogP contribution is -1.94. The third-order valence-electron chi connectivity index (χ3n) is 2.31. The molecule has 0 amide bonds. The summed E-state index contributed by atoms with van der Waals surface area (Å²) in [5, 5.41) is 8.59. The molecular weight excluding hydrogens is 294 g/mol. The van der Waals surface area contributed by atoms with E-state index in [1.54, 1.807) is 18.3 Å². The number of nitrogen functional groups attached to an aromatic ring is 1. The number of halogens is 1. The fraction of sp³-hybridized carbons (Fsp3) is 0.0769. The number of nitrogens with zero attached hydrogens (tertiary/aromatic N) is 2. The minimum atomic E-state index is 0.390. The van der Waals surface area contributed by atoms with Crippen molar-refractivity contribution in [1.82, 2.24) is 4.98 Å². The lowest BCUT2D eigenvalue weighted by atomic mass is 10.2. The van der Waals surface area contributed by atoms with E-state index in [1.807, 2.05) is 12.1 Å². The van der Waals surface area contributed by atoms with Crippen molar-refractivity contribution >= 4 is 21.6 Å². The minimum Gasteiger partial charge on any atom is -0.454 e. The number of rotatable bonds is 3. The van der Waals surface area contributed by atoms with Crippen LogP contribution in [0.25, 0.3) is 0 Å². The Morgan fingerprint density at radius 1 is 1.28 bits per heavy atom. The van der Waals surface area contributed by atoms with Crippen LogP contribution in [-0.4, -0.2) is 4.98 Å². The molecule has 2 N–H and O–H groups in total. The molecule has 0 aliphatic rings. The Kier molecular flexibility index (Phi) is 3.80. The van der Waals surface area contributed by atoms with Crippen molar-refractivity contribution in [2.45, 2.75) is 6.42 Å². The van der Waals surface area contributed by atoms with Gasteiger partial charge in [-0.2, -0.15) is 5.26 Å². The summed E-state index contributed by atoms with van der Waals surface area (Å²) in [7, 11) is 0. The second kappa shape index (κ2) is 5.52. The van der Waals surface area contributed by atoms with Crippen LogP contribution in [0.2, 0.25) is 0 Å². The first-order valence-electron chi connectivity index (χ1n) is 5.23. The average molecular weight is 304 g/mol. The molecule has 90 valence electrons. The SMILES string of the molecule is N#CCc1ccc(Oc2c(N)cncc2Br)cc1. The maximum atomic E-state index is 8.59. The second-order valence-corrected chi connectivity index (χ2v) is 4.47. The molecule has 0 saturated carbocycles. The largest absolute Gasteiger partial charge is 0.454 e. The molecule has 0 spiro atoms. The third-order valence-corrected chi connectivity index (χ3v) is 2.87. The summed E-state index contributed by atoms with van der Waals surface area (Å²) in [4.78, 5) is 3.94. The van der Waals surface area contributed by atoms with Gasteiger partial charge in [-0.05, 0) is 33.6 Å². The number of benzene rings is 1. The number of ether oxygens (including phenoxy) is 1. The van der Waals surface area contributed by atoms with E-state index in [2.05, 4.69) is 27.0 Å². The van der Waals surface area contributed by atoms with Gasteiger partial charge in [-0.25, -0.2) is 0 Å². The first kappa shape index (κ1) is 12.4. The number of nitriles is 1. The Balaban J connectivity index is 2.22. The van der Waals surface area contributed by atoms with Crippen LogP contribution in [0, 0.1) is 11.3 Å². The molecular formula is C13H10BrN3O. The summed E-state index contributed by atoms with van der Waals surface area (Å²) in [6.45, 7) is 0. The fourth-order valence-electron chi connectivity index (χ4n) is 1.43. The summed E-state index contributed by atoms with van der Waals surface area (Å²) < 4.78 is 6.38. The molecule has 2 aromatic rings. The Hall–Kier alpha value is -2.06. The van der Waals surface area contributed by atoms with Gasteiger partial charge < -0.3 is 10.5 Å². The van der Waals surface area contributed by atoms with Gasteiger partial charge in [-0.1, -0.05) is 12.1 Å². The van der Waals surface area contributed by atoms with E-state index in [1.165, 1.54) is 6.20 Å². The molecule has 1 aromatic heterocycles. The van der Waals surface area contributed by atoms with Gasteiger partial charge in [-0.3, -0.25) is 4.98 Å². The standard InChI is InChI=1S/C13H10BrN3O/c14-11-7-17-8-12(16)13(11)18-10-3-1-9(2-4-10)5-6-15/h1-4,7-8H,5,16H2. The maximum absolute atomic E-state index is 8.59. The van der Waals surface area contributed by atoms with E-state index in [4.69, 9.17) is 15.7 Å². The van der Waals surface area contributed by atoms with Crippen molar-refractivity contribution in [2.75, 3.05) is 5.73 Å². The topological polar surface area (TPSA) is 71.9 Å². The van der Waals surface area contributed by atoms with Crippen LogP contribution in [0.5, 0.6) is 11.5 Å². The quantitative estimate of drug-likeness (QED) is 0.944. The van der Waals surface area contributed by atoms with Crippen molar-refractivity contribution in [1.29, 1.82) is 5.26 Å². The van der Waals surface area contributed by atoms with Crippen LogP contribution < -0.4 is 10.5 Å². The van der Waals surface area contributed by atoms with Crippen molar-refractivity contribution in [3.63, 3.8) is 0 Å². The van der Waals surface area contributed by atoms with Crippen molar-refractivity contribution in [3.05, 3.63) is 46.7 Å². The maximum Gasteiger partial charge on any atom is 0.167 e. The molecule has 0 fully saturated rings. The molecule has 18 heavy (non-hydrogen) atoms. The van der Waals surface area contributed by atoms with Crippen LogP contribution in [0.4, 0.5) is 5.69 Å². The van der Waals surface area contributed by atoms with Gasteiger partial charge >= 0.3 is 0 Å².